The van der Waals surface area contributed by atoms with Crippen LogP contribution in [0.2, 0.25) is 0 Å². The lowest BCUT2D eigenvalue weighted by molar-refractivity contribution is -0.118. The van der Waals surface area contributed by atoms with Gasteiger partial charge in [-0.3, -0.25) is 4.79 Å². The van der Waals surface area contributed by atoms with Gasteiger partial charge in [-0.2, -0.15) is 0 Å². The van der Waals surface area contributed by atoms with Gasteiger partial charge in [-0.1, -0.05) is 12.8 Å². The molecule has 1 N–H and O–H groups in total. The summed E-state index contributed by atoms with van der Waals surface area (Å²) in [6, 6.07) is 0.387. The van der Waals surface area contributed by atoms with Crippen LogP contribution < -0.4 is 5.32 Å². The Morgan fingerprint density at radius 1 is 1.50 bits per heavy atom. The summed E-state index contributed by atoms with van der Waals surface area (Å²) >= 11 is 5.39. The molecule has 1 aliphatic carbocycles. The second-order valence-electron chi connectivity index (χ2n) is 3.89. The molecule has 2 rings (SSSR count). The highest BCUT2D eigenvalue weighted by atomic mass is 35.5. The Morgan fingerprint density at radius 3 is 2.94 bits per heavy atom. The number of nitrogens with zero attached hydrogens (tertiary/aromatic N) is 4. The molecule has 0 spiro atoms. The van der Waals surface area contributed by atoms with Crippen LogP contribution in [0, 0.1) is 0 Å². The fraction of sp³-hybridized carbons (Fsp3) is 0.778. The first-order valence-electron chi connectivity index (χ1n) is 5.40. The molecule has 16 heavy (non-hydrogen) atoms. The fourth-order valence-electron chi connectivity index (χ4n) is 1.99. The predicted molar refractivity (Wildman–Crippen MR) is 57.9 cm³/mol. The maximum absolute atomic E-state index is 11.0. The highest BCUT2D eigenvalue weighted by Crippen LogP contribution is 2.28. The first-order chi connectivity index (χ1) is 7.81. The topological polar surface area (TPSA) is 72.7 Å². The van der Waals surface area contributed by atoms with Gasteiger partial charge in [-0.05, 0) is 23.3 Å². The van der Waals surface area contributed by atoms with E-state index in [-0.39, 0.29) is 11.8 Å². The van der Waals surface area contributed by atoms with Crippen molar-refractivity contribution in [2.75, 3.05) is 5.88 Å². The molecule has 1 aromatic rings. The smallest absolute Gasteiger partial charge is 0.235 e. The van der Waals surface area contributed by atoms with Crippen molar-refractivity contribution in [2.45, 2.75) is 38.3 Å². The van der Waals surface area contributed by atoms with Crippen molar-refractivity contribution in [1.29, 1.82) is 0 Å². The summed E-state index contributed by atoms with van der Waals surface area (Å²) in [7, 11) is 0. The standard InChI is InChI=1S/C9H14ClN5O/c10-5-9(16)11-6-8-12-13-14-15(8)7-3-1-2-4-7/h7H,1-6H2,(H,11,16). The molecule has 0 unspecified atom stereocenters. The predicted octanol–water partition coefficient (Wildman–Crippen LogP) is 0.643. The second-order valence-corrected chi connectivity index (χ2v) is 4.16. The van der Waals surface area contributed by atoms with Gasteiger partial charge >= 0.3 is 0 Å². The van der Waals surface area contributed by atoms with E-state index in [9.17, 15) is 4.79 Å². The molecule has 1 aliphatic rings. The Bertz CT molecular complexity index is 361. The van der Waals surface area contributed by atoms with E-state index in [1.165, 1.54) is 12.8 Å². The lowest BCUT2D eigenvalue weighted by Gasteiger charge is -2.11. The molecule has 0 saturated heterocycles. The molecule has 0 aromatic carbocycles. The van der Waals surface area contributed by atoms with Crippen LogP contribution in [0.25, 0.3) is 0 Å². The minimum atomic E-state index is -0.206. The maximum atomic E-state index is 11.0. The normalized spacial score (nSPS) is 16.6. The molecule has 1 amide bonds. The number of aromatic nitrogens is 4. The van der Waals surface area contributed by atoms with Crippen LogP contribution in [0.15, 0.2) is 0 Å². The number of carbonyl (C=O) groups is 1. The number of rotatable bonds is 4. The Hall–Kier alpha value is -1.17. The molecule has 1 aromatic heterocycles. The quantitative estimate of drug-likeness (QED) is 0.788. The highest BCUT2D eigenvalue weighted by molar-refractivity contribution is 6.27. The van der Waals surface area contributed by atoms with Crippen molar-refractivity contribution in [2.24, 2.45) is 0 Å². The van der Waals surface area contributed by atoms with E-state index in [1.54, 1.807) is 0 Å². The molecule has 0 bridgehead atoms. The molecule has 1 heterocycles. The molecular weight excluding hydrogens is 230 g/mol. The third-order valence-electron chi connectivity index (χ3n) is 2.80. The average molecular weight is 244 g/mol. The number of halogens is 1. The fourth-order valence-corrected chi connectivity index (χ4v) is 2.08. The van der Waals surface area contributed by atoms with Crippen LogP contribution in [0.4, 0.5) is 0 Å². The van der Waals surface area contributed by atoms with Crippen molar-refractivity contribution in [3.8, 4) is 0 Å². The molecule has 0 atom stereocenters. The van der Waals surface area contributed by atoms with Crippen molar-refractivity contribution in [3.05, 3.63) is 5.82 Å². The van der Waals surface area contributed by atoms with Crippen LogP contribution in [0.3, 0.4) is 0 Å². The van der Waals surface area contributed by atoms with E-state index in [0.29, 0.717) is 18.4 Å². The highest BCUT2D eigenvalue weighted by Gasteiger charge is 2.21. The first-order valence-corrected chi connectivity index (χ1v) is 5.94. The summed E-state index contributed by atoms with van der Waals surface area (Å²) < 4.78 is 1.82. The number of nitrogens with one attached hydrogen (secondary N) is 1. The number of carbonyl (C=O) groups excluding carboxylic acids is 1. The number of tetrazole rings is 1. The molecule has 7 heteroatoms. The zero-order valence-electron chi connectivity index (χ0n) is 8.90. The average Bonchev–Trinajstić information content (AvgIpc) is 2.95. The Balaban J connectivity index is 1.98. The number of amides is 1. The third kappa shape index (κ3) is 2.49. The van der Waals surface area contributed by atoms with Crippen LogP contribution in [-0.4, -0.2) is 32.0 Å². The van der Waals surface area contributed by atoms with Gasteiger partial charge in [0.2, 0.25) is 5.91 Å². The second kappa shape index (κ2) is 5.25. The van der Waals surface area contributed by atoms with Crippen LogP contribution in [0.1, 0.15) is 37.5 Å². The Labute approximate surface area is 98.3 Å². The van der Waals surface area contributed by atoms with Crippen LogP contribution >= 0.6 is 11.6 Å². The van der Waals surface area contributed by atoms with E-state index in [0.717, 1.165) is 12.8 Å². The minimum absolute atomic E-state index is 0.0367. The molecule has 1 fully saturated rings. The van der Waals surface area contributed by atoms with E-state index >= 15 is 0 Å². The van der Waals surface area contributed by atoms with Gasteiger partial charge in [0.05, 0.1) is 12.6 Å². The summed E-state index contributed by atoms with van der Waals surface area (Å²) in [6.45, 7) is 0.342. The van der Waals surface area contributed by atoms with E-state index in [2.05, 4.69) is 20.8 Å². The van der Waals surface area contributed by atoms with Crippen molar-refractivity contribution >= 4 is 17.5 Å². The Kier molecular flexibility index (Phi) is 3.71. The van der Waals surface area contributed by atoms with Gasteiger partial charge < -0.3 is 5.32 Å². The molecule has 6 nitrogen and oxygen atoms in total. The van der Waals surface area contributed by atoms with E-state index in [4.69, 9.17) is 11.6 Å². The number of hydrogen-bond donors (Lipinski definition) is 1. The summed E-state index contributed by atoms with van der Waals surface area (Å²) in [5.74, 6) is 0.457. The monoisotopic (exact) mass is 243 g/mol. The minimum Gasteiger partial charge on any atom is -0.348 e. The van der Waals surface area contributed by atoms with Crippen molar-refractivity contribution in [1.82, 2.24) is 25.5 Å². The molecule has 0 radical (unpaired) electrons. The molecule has 88 valence electrons. The lowest BCUT2D eigenvalue weighted by atomic mass is 10.2. The third-order valence-corrected chi connectivity index (χ3v) is 3.04. The van der Waals surface area contributed by atoms with Gasteiger partial charge in [0.15, 0.2) is 5.82 Å². The van der Waals surface area contributed by atoms with Crippen molar-refractivity contribution in [3.63, 3.8) is 0 Å². The van der Waals surface area contributed by atoms with Gasteiger partial charge in [0, 0.05) is 0 Å². The summed E-state index contributed by atoms with van der Waals surface area (Å²) in [5.41, 5.74) is 0. The van der Waals surface area contributed by atoms with Crippen LogP contribution in [-0.2, 0) is 11.3 Å². The first kappa shape index (κ1) is 11.3. The zero-order valence-corrected chi connectivity index (χ0v) is 9.65. The lowest BCUT2D eigenvalue weighted by Crippen LogP contribution is -2.26. The number of hydrogen-bond acceptors (Lipinski definition) is 4. The Morgan fingerprint density at radius 2 is 2.25 bits per heavy atom. The summed E-state index contributed by atoms with van der Waals surface area (Å²) in [6.07, 6.45) is 4.67. The zero-order chi connectivity index (χ0) is 11.4. The summed E-state index contributed by atoms with van der Waals surface area (Å²) in [5, 5.41) is 14.2. The summed E-state index contributed by atoms with van der Waals surface area (Å²) in [4.78, 5) is 11.0. The van der Waals surface area contributed by atoms with Gasteiger partial charge in [-0.15, -0.1) is 16.7 Å². The maximum Gasteiger partial charge on any atom is 0.235 e. The number of alkyl halides is 1. The largest absolute Gasteiger partial charge is 0.348 e. The van der Waals surface area contributed by atoms with E-state index in [1.807, 2.05) is 4.68 Å². The SMILES string of the molecule is O=C(CCl)NCc1nnnn1C1CCCC1. The molecule has 0 aliphatic heterocycles. The van der Waals surface area contributed by atoms with Crippen molar-refractivity contribution < 1.29 is 4.79 Å². The van der Waals surface area contributed by atoms with Gasteiger partial charge in [0.1, 0.15) is 5.88 Å². The van der Waals surface area contributed by atoms with Gasteiger partial charge in [0.25, 0.3) is 0 Å². The van der Waals surface area contributed by atoms with Crippen LogP contribution in [0.5, 0.6) is 0 Å². The van der Waals surface area contributed by atoms with E-state index < -0.39 is 0 Å². The molecular formula is C9H14ClN5O. The van der Waals surface area contributed by atoms with Gasteiger partial charge in [-0.25, -0.2) is 4.68 Å². The molecule has 1 saturated carbocycles.